The van der Waals surface area contributed by atoms with E-state index in [0.29, 0.717) is 11.4 Å². The number of rotatable bonds is 2. The van der Waals surface area contributed by atoms with Crippen LogP contribution in [0.3, 0.4) is 0 Å². The fourth-order valence-corrected chi connectivity index (χ4v) is 1.73. The number of phenolic OH excluding ortho intramolecular Hbond substituents is 1. The van der Waals surface area contributed by atoms with Crippen LogP contribution in [0.25, 0.3) is 0 Å². The molecule has 2 aromatic rings. The van der Waals surface area contributed by atoms with Gasteiger partial charge < -0.3 is 16.2 Å². The van der Waals surface area contributed by atoms with Gasteiger partial charge in [0.2, 0.25) is 0 Å². The lowest BCUT2D eigenvalue weighted by molar-refractivity contribution is 0.102. The molecule has 5 heteroatoms. The van der Waals surface area contributed by atoms with Gasteiger partial charge in [0, 0.05) is 6.07 Å². The predicted molar refractivity (Wildman–Crippen MR) is 71.6 cm³/mol. The van der Waals surface area contributed by atoms with Gasteiger partial charge in [-0.15, -0.1) is 0 Å². The van der Waals surface area contributed by atoms with Crippen LogP contribution in [0.5, 0.6) is 5.75 Å². The number of phenols is 1. The molecule has 0 aliphatic rings. The highest BCUT2D eigenvalue weighted by Gasteiger charge is 2.14. The summed E-state index contributed by atoms with van der Waals surface area (Å²) in [6.45, 7) is 1.79. The fraction of sp³-hybridized carbons (Fsp3) is 0.0714. The largest absolute Gasteiger partial charge is 0.508 e. The molecule has 0 heterocycles. The Hall–Kier alpha value is -2.56. The van der Waals surface area contributed by atoms with Crippen LogP contribution in [0.1, 0.15) is 15.9 Å². The monoisotopic (exact) mass is 260 g/mol. The van der Waals surface area contributed by atoms with Crippen molar-refractivity contribution in [2.24, 2.45) is 0 Å². The molecule has 0 aliphatic heterocycles. The number of aryl methyl sites for hydroxylation is 1. The Kier molecular flexibility index (Phi) is 3.37. The molecule has 0 atom stereocenters. The Balaban J connectivity index is 2.31. The van der Waals surface area contributed by atoms with Gasteiger partial charge in [0.05, 0.1) is 16.9 Å². The third-order valence-electron chi connectivity index (χ3n) is 2.74. The SMILES string of the molecule is Cc1cccc(N)c1NC(=O)c1ccc(O)cc1F. The second-order valence-electron chi connectivity index (χ2n) is 4.16. The molecule has 0 unspecified atom stereocenters. The number of carbonyl (C=O) groups is 1. The Morgan fingerprint density at radius 3 is 2.68 bits per heavy atom. The van der Waals surface area contributed by atoms with Gasteiger partial charge in [0.1, 0.15) is 11.6 Å². The second-order valence-corrected chi connectivity index (χ2v) is 4.16. The quantitative estimate of drug-likeness (QED) is 0.727. The Morgan fingerprint density at radius 1 is 1.32 bits per heavy atom. The predicted octanol–water partition coefficient (Wildman–Crippen LogP) is 2.67. The molecule has 2 rings (SSSR count). The topological polar surface area (TPSA) is 75.3 Å². The lowest BCUT2D eigenvalue weighted by atomic mass is 10.1. The third-order valence-corrected chi connectivity index (χ3v) is 2.74. The molecule has 0 spiro atoms. The zero-order chi connectivity index (χ0) is 14.0. The van der Waals surface area contributed by atoms with Crippen LogP contribution in [0.2, 0.25) is 0 Å². The Bertz CT molecular complexity index is 621. The van der Waals surface area contributed by atoms with Crippen LogP contribution < -0.4 is 11.1 Å². The number of para-hydroxylation sites is 1. The zero-order valence-electron chi connectivity index (χ0n) is 10.3. The number of benzene rings is 2. The number of hydrogen-bond donors (Lipinski definition) is 3. The van der Waals surface area contributed by atoms with Gasteiger partial charge in [-0.25, -0.2) is 4.39 Å². The number of hydrogen-bond acceptors (Lipinski definition) is 3. The smallest absolute Gasteiger partial charge is 0.258 e. The molecule has 19 heavy (non-hydrogen) atoms. The van der Waals surface area contributed by atoms with Gasteiger partial charge in [-0.3, -0.25) is 4.79 Å². The molecular formula is C14H13FN2O2. The first-order valence-electron chi connectivity index (χ1n) is 5.64. The molecule has 0 aliphatic carbocycles. The number of nitrogens with one attached hydrogen (secondary N) is 1. The van der Waals surface area contributed by atoms with Crippen molar-refractivity contribution >= 4 is 17.3 Å². The summed E-state index contributed by atoms with van der Waals surface area (Å²) in [7, 11) is 0. The van der Waals surface area contributed by atoms with Crippen molar-refractivity contribution in [1.29, 1.82) is 0 Å². The van der Waals surface area contributed by atoms with E-state index >= 15 is 0 Å². The van der Waals surface area contributed by atoms with Crippen molar-refractivity contribution in [2.45, 2.75) is 6.92 Å². The minimum Gasteiger partial charge on any atom is -0.508 e. The maximum atomic E-state index is 13.6. The van der Waals surface area contributed by atoms with Crippen molar-refractivity contribution in [2.75, 3.05) is 11.1 Å². The van der Waals surface area contributed by atoms with E-state index in [2.05, 4.69) is 5.32 Å². The highest BCUT2D eigenvalue weighted by molar-refractivity contribution is 6.06. The van der Waals surface area contributed by atoms with E-state index in [9.17, 15) is 9.18 Å². The molecule has 4 N–H and O–H groups in total. The summed E-state index contributed by atoms with van der Waals surface area (Å²) in [5, 5.41) is 11.7. The number of carbonyl (C=O) groups excluding carboxylic acids is 1. The molecule has 98 valence electrons. The summed E-state index contributed by atoms with van der Waals surface area (Å²) < 4.78 is 13.6. The molecule has 0 bridgehead atoms. The fourth-order valence-electron chi connectivity index (χ4n) is 1.73. The van der Waals surface area contributed by atoms with Crippen molar-refractivity contribution in [3.05, 3.63) is 53.3 Å². The van der Waals surface area contributed by atoms with E-state index in [1.165, 1.54) is 12.1 Å². The van der Waals surface area contributed by atoms with Crippen LogP contribution >= 0.6 is 0 Å². The van der Waals surface area contributed by atoms with Crippen LogP contribution in [-0.2, 0) is 0 Å². The van der Waals surface area contributed by atoms with Crippen molar-refractivity contribution in [3.63, 3.8) is 0 Å². The molecule has 1 amide bonds. The maximum absolute atomic E-state index is 13.6. The maximum Gasteiger partial charge on any atom is 0.258 e. The molecule has 0 fully saturated rings. The number of aromatic hydroxyl groups is 1. The van der Waals surface area contributed by atoms with Crippen LogP contribution in [0.15, 0.2) is 36.4 Å². The van der Waals surface area contributed by atoms with Gasteiger partial charge in [-0.2, -0.15) is 0 Å². The van der Waals surface area contributed by atoms with Gasteiger partial charge in [0.25, 0.3) is 5.91 Å². The minimum absolute atomic E-state index is 0.152. The number of halogens is 1. The molecular weight excluding hydrogens is 247 g/mol. The van der Waals surface area contributed by atoms with Gasteiger partial charge in [0.15, 0.2) is 0 Å². The van der Waals surface area contributed by atoms with E-state index in [1.807, 2.05) is 0 Å². The zero-order valence-corrected chi connectivity index (χ0v) is 10.3. The number of nitrogen functional groups attached to an aromatic ring is 1. The third kappa shape index (κ3) is 2.65. The summed E-state index contributed by atoms with van der Waals surface area (Å²) in [5.74, 6) is -1.63. The van der Waals surface area contributed by atoms with Crippen LogP contribution in [0.4, 0.5) is 15.8 Å². The molecule has 0 aromatic heterocycles. The normalized spacial score (nSPS) is 10.2. The van der Waals surface area contributed by atoms with Gasteiger partial charge in [-0.1, -0.05) is 12.1 Å². The molecule has 2 aromatic carbocycles. The van der Waals surface area contributed by atoms with E-state index in [-0.39, 0.29) is 11.3 Å². The number of nitrogens with two attached hydrogens (primary N) is 1. The first-order chi connectivity index (χ1) is 8.99. The van der Waals surface area contributed by atoms with E-state index in [4.69, 9.17) is 10.8 Å². The average Bonchev–Trinajstić information content (AvgIpc) is 2.33. The summed E-state index contributed by atoms with van der Waals surface area (Å²) in [5.41, 5.74) is 7.26. The van der Waals surface area contributed by atoms with Gasteiger partial charge >= 0.3 is 0 Å². The Morgan fingerprint density at radius 2 is 2.05 bits per heavy atom. The Labute approximate surface area is 109 Å². The van der Waals surface area contributed by atoms with Crippen molar-refractivity contribution < 1.29 is 14.3 Å². The highest BCUT2D eigenvalue weighted by atomic mass is 19.1. The standard InChI is InChI=1S/C14H13FN2O2/c1-8-3-2-4-12(16)13(8)17-14(19)10-6-5-9(18)7-11(10)15/h2-7,18H,16H2,1H3,(H,17,19). The van der Waals surface area contributed by atoms with E-state index < -0.39 is 11.7 Å². The van der Waals surface area contributed by atoms with Crippen LogP contribution in [0, 0.1) is 12.7 Å². The van der Waals surface area contributed by atoms with Crippen LogP contribution in [-0.4, -0.2) is 11.0 Å². The van der Waals surface area contributed by atoms with E-state index in [0.717, 1.165) is 11.6 Å². The first kappa shape index (κ1) is 12.9. The second kappa shape index (κ2) is 4.97. The lowest BCUT2D eigenvalue weighted by Gasteiger charge is -2.11. The average molecular weight is 260 g/mol. The van der Waals surface area contributed by atoms with Crippen molar-refractivity contribution in [1.82, 2.24) is 0 Å². The minimum atomic E-state index is -0.787. The summed E-state index contributed by atoms with van der Waals surface area (Å²) >= 11 is 0. The molecule has 0 saturated carbocycles. The summed E-state index contributed by atoms with van der Waals surface area (Å²) in [4.78, 5) is 12.0. The highest BCUT2D eigenvalue weighted by Crippen LogP contribution is 2.24. The van der Waals surface area contributed by atoms with E-state index in [1.54, 1.807) is 25.1 Å². The molecule has 0 saturated heterocycles. The summed E-state index contributed by atoms with van der Waals surface area (Å²) in [6, 6.07) is 8.56. The number of anilines is 2. The lowest BCUT2D eigenvalue weighted by Crippen LogP contribution is -2.15. The first-order valence-corrected chi connectivity index (χ1v) is 5.64. The van der Waals surface area contributed by atoms with Crippen molar-refractivity contribution in [3.8, 4) is 5.75 Å². The number of amides is 1. The summed E-state index contributed by atoms with van der Waals surface area (Å²) in [6.07, 6.45) is 0. The molecule has 0 radical (unpaired) electrons. The molecule has 4 nitrogen and oxygen atoms in total. The van der Waals surface area contributed by atoms with Gasteiger partial charge in [-0.05, 0) is 30.7 Å².